The second-order valence-electron chi connectivity index (χ2n) is 5.73. The lowest BCUT2D eigenvalue weighted by atomic mass is 10.3. The molecule has 7 nitrogen and oxygen atoms in total. The number of nitrogens with one attached hydrogen (secondary N) is 1. The molecule has 0 aliphatic rings. The summed E-state index contributed by atoms with van der Waals surface area (Å²) in [5.74, 6) is -0.786. The number of anilines is 1. The number of sulfonamides is 1. The van der Waals surface area contributed by atoms with Gasteiger partial charge in [0.05, 0.1) is 18.6 Å². The maximum atomic E-state index is 12.8. The summed E-state index contributed by atoms with van der Waals surface area (Å²) in [5.41, 5.74) is 0.406. The second kappa shape index (κ2) is 9.14. The van der Waals surface area contributed by atoms with E-state index < -0.39 is 39.5 Å². The fraction of sp³-hybridized carbons (Fsp3) is 0.278. The number of methoxy groups -OCH3 is 1. The number of hydrogen-bond donors (Lipinski definition) is 1. The molecule has 1 amide bonds. The van der Waals surface area contributed by atoms with Gasteiger partial charge in [0.1, 0.15) is 11.5 Å². The molecule has 0 radical (unpaired) electrons. The van der Waals surface area contributed by atoms with E-state index in [0.29, 0.717) is 11.4 Å². The number of carbonyl (C=O) groups excluding carboxylic acids is 1. The van der Waals surface area contributed by atoms with E-state index in [2.05, 4.69) is 10.1 Å². The van der Waals surface area contributed by atoms with Crippen molar-refractivity contribution in [2.75, 3.05) is 25.5 Å². The number of amides is 1. The van der Waals surface area contributed by atoms with Crippen LogP contribution >= 0.6 is 0 Å². The highest BCUT2D eigenvalue weighted by Gasteiger charge is 2.32. The normalized spacial score (nSPS) is 11.9. The fourth-order valence-electron chi connectivity index (χ4n) is 2.41. The Morgan fingerprint density at radius 1 is 1.10 bits per heavy atom. The molecule has 158 valence electrons. The molecule has 0 bridgehead atoms. The molecule has 0 saturated carbocycles. The van der Waals surface area contributed by atoms with Gasteiger partial charge in [-0.1, -0.05) is 19.1 Å². The van der Waals surface area contributed by atoms with Crippen LogP contribution in [0.3, 0.4) is 0 Å². The quantitative estimate of drug-likeness (QED) is 0.692. The summed E-state index contributed by atoms with van der Waals surface area (Å²) >= 11 is 0. The number of carbonyl (C=O) groups is 1. The number of likely N-dealkylation sites (N-methyl/N-ethyl adjacent to an activating group) is 1. The van der Waals surface area contributed by atoms with Crippen molar-refractivity contribution in [1.82, 2.24) is 4.31 Å². The molecular formula is C18H19F3N2O5S. The van der Waals surface area contributed by atoms with E-state index in [-0.39, 0.29) is 6.54 Å². The molecule has 0 atom stereocenters. The van der Waals surface area contributed by atoms with Gasteiger partial charge in [-0.25, -0.2) is 8.42 Å². The van der Waals surface area contributed by atoms with Crippen LogP contribution in [-0.4, -0.2) is 45.2 Å². The highest BCUT2D eigenvalue weighted by Crippen LogP contribution is 2.26. The molecule has 29 heavy (non-hydrogen) atoms. The largest absolute Gasteiger partial charge is 0.573 e. The Morgan fingerprint density at radius 3 is 2.38 bits per heavy atom. The van der Waals surface area contributed by atoms with Crippen molar-refractivity contribution in [2.45, 2.75) is 18.2 Å². The van der Waals surface area contributed by atoms with Gasteiger partial charge in [0.2, 0.25) is 15.9 Å². The van der Waals surface area contributed by atoms with Crippen LogP contribution in [0, 0.1) is 0 Å². The van der Waals surface area contributed by atoms with Gasteiger partial charge in [0, 0.05) is 24.4 Å². The Balaban J connectivity index is 2.17. The molecule has 0 unspecified atom stereocenters. The van der Waals surface area contributed by atoms with Gasteiger partial charge in [-0.2, -0.15) is 4.31 Å². The van der Waals surface area contributed by atoms with Gasteiger partial charge in [-0.05, 0) is 24.3 Å². The molecule has 1 N–H and O–H groups in total. The number of hydrogen-bond acceptors (Lipinski definition) is 5. The molecule has 11 heteroatoms. The van der Waals surface area contributed by atoms with Crippen LogP contribution in [-0.2, 0) is 14.8 Å². The van der Waals surface area contributed by atoms with Crippen molar-refractivity contribution < 1.29 is 35.9 Å². The Kier molecular flexibility index (Phi) is 7.09. The van der Waals surface area contributed by atoms with E-state index in [1.165, 1.54) is 14.0 Å². The molecule has 2 aromatic rings. The first-order valence-corrected chi connectivity index (χ1v) is 9.79. The Hall–Kier alpha value is -2.79. The SMILES string of the molecule is CCN(CC(=O)Nc1cccc(OC)c1)S(=O)(=O)c1cccc(OC(F)(F)F)c1. The lowest BCUT2D eigenvalue weighted by Gasteiger charge is -2.20. The standard InChI is InChI=1S/C18H19F3N2O5S/c1-3-23(12-17(24)22-13-6-4-7-14(10-13)27-2)29(25,26)16-9-5-8-15(11-16)28-18(19,20)21/h4-11H,3,12H2,1-2H3,(H,22,24). The van der Waals surface area contributed by atoms with Crippen LogP contribution in [0.2, 0.25) is 0 Å². The first-order chi connectivity index (χ1) is 13.5. The van der Waals surface area contributed by atoms with E-state index in [4.69, 9.17) is 4.74 Å². The van der Waals surface area contributed by atoms with Crippen LogP contribution in [0.4, 0.5) is 18.9 Å². The molecule has 0 aliphatic carbocycles. The molecule has 0 saturated heterocycles. The summed E-state index contributed by atoms with van der Waals surface area (Å²) in [6, 6.07) is 10.5. The molecule has 2 aromatic carbocycles. The summed E-state index contributed by atoms with van der Waals surface area (Å²) in [5, 5.41) is 2.55. The number of alkyl halides is 3. The lowest BCUT2D eigenvalue weighted by molar-refractivity contribution is -0.274. The molecule has 0 fully saturated rings. The topological polar surface area (TPSA) is 84.9 Å². The maximum absolute atomic E-state index is 12.8. The molecule has 0 aromatic heterocycles. The van der Waals surface area contributed by atoms with Crippen molar-refractivity contribution in [3.63, 3.8) is 0 Å². The summed E-state index contributed by atoms with van der Waals surface area (Å²) in [4.78, 5) is 11.9. The van der Waals surface area contributed by atoms with E-state index in [1.807, 2.05) is 0 Å². The van der Waals surface area contributed by atoms with Gasteiger partial charge in [0.15, 0.2) is 0 Å². The number of rotatable bonds is 8. The Morgan fingerprint density at radius 2 is 1.76 bits per heavy atom. The zero-order chi connectivity index (χ0) is 21.7. The third kappa shape index (κ3) is 6.36. The minimum Gasteiger partial charge on any atom is -0.497 e. The average Bonchev–Trinajstić information content (AvgIpc) is 2.65. The average molecular weight is 432 g/mol. The second-order valence-corrected chi connectivity index (χ2v) is 7.67. The fourth-order valence-corrected chi connectivity index (χ4v) is 3.85. The highest BCUT2D eigenvalue weighted by molar-refractivity contribution is 7.89. The maximum Gasteiger partial charge on any atom is 0.573 e. The van der Waals surface area contributed by atoms with Crippen LogP contribution in [0.25, 0.3) is 0 Å². The van der Waals surface area contributed by atoms with Crippen molar-refractivity contribution in [3.8, 4) is 11.5 Å². The summed E-state index contributed by atoms with van der Waals surface area (Å²) in [6.45, 7) is 0.908. The summed E-state index contributed by atoms with van der Waals surface area (Å²) in [7, 11) is -2.77. The zero-order valence-electron chi connectivity index (χ0n) is 15.6. The van der Waals surface area contributed by atoms with Gasteiger partial charge >= 0.3 is 6.36 Å². The zero-order valence-corrected chi connectivity index (χ0v) is 16.4. The van der Waals surface area contributed by atoms with E-state index >= 15 is 0 Å². The predicted molar refractivity (Wildman–Crippen MR) is 99.2 cm³/mol. The molecular weight excluding hydrogens is 413 g/mol. The Bertz CT molecular complexity index is 964. The van der Waals surface area contributed by atoms with Crippen LogP contribution in [0.5, 0.6) is 11.5 Å². The smallest absolute Gasteiger partial charge is 0.497 e. The van der Waals surface area contributed by atoms with Gasteiger partial charge in [0.25, 0.3) is 0 Å². The van der Waals surface area contributed by atoms with Gasteiger partial charge in [-0.3, -0.25) is 4.79 Å². The van der Waals surface area contributed by atoms with E-state index in [1.54, 1.807) is 24.3 Å². The first kappa shape index (κ1) is 22.5. The third-order valence-electron chi connectivity index (χ3n) is 3.70. The van der Waals surface area contributed by atoms with Crippen molar-refractivity contribution in [3.05, 3.63) is 48.5 Å². The van der Waals surface area contributed by atoms with Crippen molar-refractivity contribution in [2.24, 2.45) is 0 Å². The van der Waals surface area contributed by atoms with E-state index in [0.717, 1.165) is 28.6 Å². The number of nitrogens with zero attached hydrogens (tertiary/aromatic N) is 1. The molecule has 0 spiro atoms. The predicted octanol–water partition coefficient (Wildman–Crippen LogP) is 3.24. The van der Waals surface area contributed by atoms with Gasteiger partial charge < -0.3 is 14.8 Å². The Labute approximate surface area is 166 Å². The van der Waals surface area contributed by atoms with Crippen molar-refractivity contribution >= 4 is 21.6 Å². The van der Waals surface area contributed by atoms with Crippen LogP contribution < -0.4 is 14.8 Å². The van der Waals surface area contributed by atoms with Crippen molar-refractivity contribution in [1.29, 1.82) is 0 Å². The molecule has 0 aliphatic heterocycles. The lowest BCUT2D eigenvalue weighted by Crippen LogP contribution is -2.37. The van der Waals surface area contributed by atoms with Gasteiger partial charge in [-0.15, -0.1) is 13.2 Å². The van der Waals surface area contributed by atoms with E-state index in [9.17, 15) is 26.4 Å². The number of ether oxygens (including phenoxy) is 2. The minimum atomic E-state index is -4.95. The minimum absolute atomic E-state index is 0.0712. The highest BCUT2D eigenvalue weighted by atomic mass is 32.2. The first-order valence-electron chi connectivity index (χ1n) is 8.35. The number of benzene rings is 2. The number of halogens is 3. The van der Waals surface area contributed by atoms with Crippen LogP contribution in [0.1, 0.15) is 6.92 Å². The summed E-state index contributed by atoms with van der Waals surface area (Å²) < 4.78 is 72.3. The third-order valence-corrected chi connectivity index (χ3v) is 5.62. The molecule has 0 heterocycles. The monoisotopic (exact) mass is 432 g/mol. The van der Waals surface area contributed by atoms with Crippen LogP contribution in [0.15, 0.2) is 53.4 Å². The summed E-state index contributed by atoms with van der Waals surface area (Å²) in [6.07, 6.45) is -4.95. The molecule has 2 rings (SSSR count).